The van der Waals surface area contributed by atoms with Gasteiger partial charge in [0.25, 0.3) is 11.2 Å². The van der Waals surface area contributed by atoms with Crippen LogP contribution in [0.3, 0.4) is 0 Å². The minimum atomic E-state index is -0.740. The Balaban J connectivity index is 1.78. The quantitative estimate of drug-likeness (QED) is 0.371. The van der Waals surface area contributed by atoms with E-state index in [1.807, 2.05) is 60.7 Å². The molecule has 1 aromatic heterocycles. The first kappa shape index (κ1) is 19.1. The third-order valence-electron chi connectivity index (χ3n) is 4.68. The van der Waals surface area contributed by atoms with Crippen LogP contribution in [0.2, 0.25) is 0 Å². The number of nitro benzene ring substituents is 1. The molecule has 30 heavy (non-hydrogen) atoms. The number of ether oxygens (including phenoxy) is 1. The van der Waals surface area contributed by atoms with Crippen molar-refractivity contribution in [3.63, 3.8) is 0 Å². The maximum atomic E-state index is 13.0. The predicted molar refractivity (Wildman–Crippen MR) is 110 cm³/mol. The largest absolute Gasteiger partial charge is 0.443 e. The van der Waals surface area contributed by atoms with Gasteiger partial charge >= 0.3 is 6.09 Å². The Morgan fingerprint density at radius 2 is 1.57 bits per heavy atom. The first-order chi connectivity index (χ1) is 14.5. The van der Waals surface area contributed by atoms with Gasteiger partial charge in [0.1, 0.15) is 6.61 Å². The van der Waals surface area contributed by atoms with Crippen molar-refractivity contribution in [3.05, 3.63) is 110 Å². The van der Waals surface area contributed by atoms with E-state index in [1.165, 1.54) is 22.9 Å². The van der Waals surface area contributed by atoms with E-state index >= 15 is 0 Å². The highest BCUT2D eigenvalue weighted by Gasteiger charge is 2.22. The molecule has 0 radical (unpaired) electrons. The normalized spacial score (nSPS) is 10.8. The second kappa shape index (κ2) is 8.04. The van der Waals surface area contributed by atoms with Crippen LogP contribution >= 0.6 is 0 Å². The van der Waals surface area contributed by atoms with E-state index in [9.17, 15) is 19.7 Å². The molecule has 0 aliphatic carbocycles. The third kappa shape index (κ3) is 3.70. The minimum absolute atomic E-state index is 0.0336. The summed E-state index contributed by atoms with van der Waals surface area (Å²) in [6.07, 6.45) is -0.740. The molecular formula is C22H17N3O5. The molecule has 0 bridgehead atoms. The summed E-state index contributed by atoms with van der Waals surface area (Å²) < 4.78 is 7.79. The molecule has 4 aromatic rings. The fourth-order valence-corrected chi connectivity index (χ4v) is 3.23. The molecule has 8 heteroatoms. The Bertz CT molecular complexity index is 1280. The Labute approximate surface area is 170 Å². The zero-order chi connectivity index (χ0) is 21.1. The van der Waals surface area contributed by atoms with Gasteiger partial charge in [0.05, 0.1) is 22.4 Å². The third-order valence-corrected chi connectivity index (χ3v) is 4.68. The predicted octanol–water partition coefficient (Wildman–Crippen LogP) is 3.94. The maximum absolute atomic E-state index is 13.0. The van der Waals surface area contributed by atoms with Crippen LogP contribution in [0.5, 0.6) is 0 Å². The molecule has 0 atom stereocenters. The second-order valence-corrected chi connectivity index (χ2v) is 6.66. The number of nitro groups is 1. The second-order valence-electron chi connectivity index (χ2n) is 6.66. The Morgan fingerprint density at radius 3 is 2.20 bits per heavy atom. The molecule has 0 aliphatic rings. The Morgan fingerprint density at radius 1 is 0.933 bits per heavy atom. The summed E-state index contributed by atoms with van der Waals surface area (Å²) in [5, 5.41) is 11.2. The van der Waals surface area contributed by atoms with E-state index in [2.05, 4.69) is 0 Å². The molecule has 0 fully saturated rings. The van der Waals surface area contributed by atoms with E-state index in [4.69, 9.17) is 4.74 Å². The van der Waals surface area contributed by atoms with Crippen LogP contribution < -0.4 is 5.56 Å². The van der Waals surface area contributed by atoms with E-state index < -0.39 is 16.6 Å². The SMILES string of the molecule is O=C(OCc1ccccc1)n1c2ccc([N+](=O)[O-])cc2c(=O)n1Cc1ccccc1. The fraction of sp³-hybridized carbons (Fsp3) is 0.0909. The van der Waals surface area contributed by atoms with Crippen LogP contribution in [-0.2, 0) is 17.9 Å². The van der Waals surface area contributed by atoms with Crippen LogP contribution in [0.4, 0.5) is 10.5 Å². The summed E-state index contributed by atoms with van der Waals surface area (Å²) in [6.45, 7) is 0.147. The highest BCUT2D eigenvalue weighted by Crippen LogP contribution is 2.20. The van der Waals surface area contributed by atoms with Gasteiger partial charge in [-0.25, -0.2) is 9.48 Å². The molecule has 0 N–H and O–H groups in total. The summed E-state index contributed by atoms with van der Waals surface area (Å²) in [4.78, 5) is 36.5. The van der Waals surface area contributed by atoms with Gasteiger partial charge in [0, 0.05) is 12.1 Å². The van der Waals surface area contributed by atoms with Crippen molar-refractivity contribution < 1.29 is 14.5 Å². The van der Waals surface area contributed by atoms with Gasteiger partial charge < -0.3 is 4.74 Å². The summed E-state index contributed by atoms with van der Waals surface area (Å²) >= 11 is 0. The molecule has 8 nitrogen and oxygen atoms in total. The van der Waals surface area contributed by atoms with Crippen molar-refractivity contribution in [1.82, 2.24) is 9.36 Å². The van der Waals surface area contributed by atoms with E-state index in [1.54, 1.807) is 0 Å². The monoisotopic (exact) mass is 403 g/mol. The van der Waals surface area contributed by atoms with Gasteiger partial charge in [-0.15, -0.1) is 0 Å². The summed E-state index contributed by atoms with van der Waals surface area (Å²) in [5.74, 6) is 0. The van der Waals surface area contributed by atoms with Crippen molar-refractivity contribution in [2.45, 2.75) is 13.2 Å². The number of carbonyl (C=O) groups is 1. The average Bonchev–Trinajstić information content (AvgIpc) is 3.04. The van der Waals surface area contributed by atoms with Crippen LogP contribution in [0.25, 0.3) is 10.9 Å². The van der Waals surface area contributed by atoms with E-state index in [0.717, 1.165) is 15.8 Å². The number of nitrogens with zero attached hydrogens (tertiary/aromatic N) is 3. The zero-order valence-electron chi connectivity index (χ0n) is 15.8. The van der Waals surface area contributed by atoms with Crippen LogP contribution in [-0.4, -0.2) is 20.4 Å². The van der Waals surface area contributed by atoms with E-state index in [0.29, 0.717) is 0 Å². The molecule has 1 heterocycles. The lowest BCUT2D eigenvalue weighted by molar-refractivity contribution is -0.384. The minimum Gasteiger partial charge on any atom is -0.443 e. The highest BCUT2D eigenvalue weighted by molar-refractivity contribution is 5.89. The standard InChI is InChI=1S/C22H17N3O5/c26-21-19-13-18(25(28)29)11-12-20(19)24(23(21)14-16-7-3-1-4-8-16)22(27)30-15-17-9-5-2-6-10-17/h1-13H,14-15H2. The molecule has 0 unspecified atom stereocenters. The van der Waals surface area contributed by atoms with Crippen LogP contribution in [0.1, 0.15) is 11.1 Å². The molecular weight excluding hydrogens is 386 g/mol. The molecule has 4 rings (SSSR count). The number of rotatable bonds is 5. The number of hydrogen-bond donors (Lipinski definition) is 0. The van der Waals surface area contributed by atoms with Crippen molar-refractivity contribution in [2.75, 3.05) is 0 Å². The van der Waals surface area contributed by atoms with Gasteiger partial charge in [0.2, 0.25) is 0 Å². The number of hydrogen-bond acceptors (Lipinski definition) is 5. The number of carbonyl (C=O) groups excluding carboxylic acids is 1. The Hall–Kier alpha value is -4.20. The Kier molecular flexibility index (Phi) is 5.13. The first-order valence-electron chi connectivity index (χ1n) is 9.19. The number of aromatic nitrogens is 2. The van der Waals surface area contributed by atoms with Crippen molar-refractivity contribution >= 4 is 22.7 Å². The number of fused-ring (bicyclic) bond motifs is 1. The van der Waals surface area contributed by atoms with Crippen molar-refractivity contribution in [2.24, 2.45) is 0 Å². The lowest BCUT2D eigenvalue weighted by Crippen LogP contribution is -2.28. The summed E-state index contributed by atoms with van der Waals surface area (Å²) in [7, 11) is 0. The lowest BCUT2D eigenvalue weighted by Gasteiger charge is -2.12. The molecule has 3 aromatic carbocycles. The lowest BCUT2D eigenvalue weighted by atomic mass is 10.2. The van der Waals surface area contributed by atoms with Gasteiger partial charge in [-0.3, -0.25) is 14.9 Å². The molecule has 0 saturated heterocycles. The molecule has 0 saturated carbocycles. The van der Waals surface area contributed by atoms with Crippen molar-refractivity contribution in [3.8, 4) is 0 Å². The molecule has 0 spiro atoms. The highest BCUT2D eigenvalue weighted by atomic mass is 16.6. The fourth-order valence-electron chi connectivity index (χ4n) is 3.23. The topological polar surface area (TPSA) is 96.4 Å². The zero-order valence-corrected chi connectivity index (χ0v) is 15.8. The van der Waals surface area contributed by atoms with Gasteiger partial charge in [-0.05, 0) is 17.2 Å². The van der Waals surface area contributed by atoms with Gasteiger partial charge in [0.15, 0.2) is 0 Å². The average molecular weight is 403 g/mol. The van der Waals surface area contributed by atoms with Gasteiger partial charge in [-0.2, -0.15) is 4.68 Å². The summed E-state index contributed by atoms with van der Waals surface area (Å²) in [6, 6.07) is 22.1. The van der Waals surface area contributed by atoms with E-state index in [-0.39, 0.29) is 29.7 Å². The smallest absolute Gasteiger partial charge is 0.434 e. The maximum Gasteiger partial charge on any atom is 0.434 e. The molecule has 0 aliphatic heterocycles. The van der Waals surface area contributed by atoms with Gasteiger partial charge in [-0.1, -0.05) is 60.7 Å². The van der Waals surface area contributed by atoms with Crippen molar-refractivity contribution in [1.29, 1.82) is 0 Å². The first-order valence-corrected chi connectivity index (χ1v) is 9.19. The number of non-ortho nitro benzene ring substituents is 1. The van der Waals surface area contributed by atoms with Crippen LogP contribution in [0, 0.1) is 10.1 Å². The summed E-state index contributed by atoms with van der Waals surface area (Å²) in [5.41, 5.74) is 1.12. The van der Waals surface area contributed by atoms with Crippen LogP contribution in [0.15, 0.2) is 83.7 Å². The molecule has 0 amide bonds. The number of benzene rings is 3. The molecule has 150 valence electrons.